The molecule has 3 heterocycles. The molecule has 13 aromatic rings. The highest BCUT2D eigenvalue weighted by molar-refractivity contribution is 6.16. The Balaban J connectivity index is 1.15. The maximum atomic E-state index is 10.3. The molecule has 0 unspecified atom stereocenters. The van der Waals surface area contributed by atoms with Gasteiger partial charge in [0.05, 0.1) is 46.0 Å². The number of para-hydroxylation sites is 3. The monoisotopic (exact) mass is 917 g/mol. The maximum Gasteiger partial charge on any atom is 0.194 e. The summed E-state index contributed by atoms with van der Waals surface area (Å²) in [5.74, 6) is 1.62. The topological polar surface area (TPSA) is 76.7 Å². The highest BCUT2D eigenvalue weighted by atomic mass is 15.1. The van der Waals surface area contributed by atoms with Gasteiger partial charge in [-0.1, -0.05) is 182 Å². The molecule has 334 valence electrons. The van der Waals surface area contributed by atoms with Crippen LogP contribution in [0.15, 0.2) is 237 Å². The molecule has 0 saturated carbocycles. The second kappa shape index (κ2) is 17.4. The van der Waals surface area contributed by atoms with E-state index in [9.17, 15) is 5.26 Å². The van der Waals surface area contributed by atoms with Gasteiger partial charge in [0.15, 0.2) is 23.2 Å². The Morgan fingerprint density at radius 3 is 1.58 bits per heavy atom. The zero-order chi connectivity index (χ0) is 48.1. The Hall–Kier alpha value is -10.2. The summed E-state index contributed by atoms with van der Waals surface area (Å²) in [6.45, 7) is 8.09. The Morgan fingerprint density at radius 1 is 0.375 bits per heavy atom. The maximum absolute atomic E-state index is 10.3. The number of nitriles is 1. The van der Waals surface area contributed by atoms with Crippen LogP contribution < -0.4 is 0 Å². The van der Waals surface area contributed by atoms with Crippen LogP contribution in [0.25, 0.3) is 127 Å². The second-order valence-corrected chi connectivity index (χ2v) is 17.7. The number of hydrogen-bond acceptors (Lipinski definition) is 4. The Labute approximate surface area is 415 Å². The van der Waals surface area contributed by atoms with E-state index >= 15 is 0 Å². The van der Waals surface area contributed by atoms with E-state index in [4.69, 9.17) is 21.5 Å². The standard InChI is InChI=1S/C65H39N7/c1-67-56-29-15-13-26-50(56)46-33-36-53-52-35-32-45(49-25-12-11-22-47(49)41-66)39-60(52)72(61(53)40-46)58-37-34-44(51-28-17-31-59-62(51)54-27-14-16-30-57(54)71(59)48-23-9-4-10-24-48)38-55(58)65-69-63(42-18-5-2-6-19-42)68-64(70-65)43-20-7-3-8-21-43/h2-40H. The average Bonchev–Trinajstić information content (AvgIpc) is 3.97. The number of hydrogen-bond donors (Lipinski definition) is 0. The molecule has 0 saturated heterocycles. The van der Waals surface area contributed by atoms with Crippen molar-refractivity contribution in [1.29, 1.82) is 5.26 Å². The van der Waals surface area contributed by atoms with Crippen molar-refractivity contribution in [2.45, 2.75) is 0 Å². The third kappa shape index (κ3) is 7.00. The molecule has 0 aliphatic carbocycles. The van der Waals surface area contributed by atoms with Crippen LogP contribution in [0.3, 0.4) is 0 Å². The van der Waals surface area contributed by atoms with E-state index in [1.807, 2.05) is 109 Å². The van der Waals surface area contributed by atoms with Crippen LogP contribution in [0.1, 0.15) is 5.56 Å². The summed E-state index contributed by atoms with van der Waals surface area (Å²) >= 11 is 0. The van der Waals surface area contributed by atoms with Gasteiger partial charge in [0.2, 0.25) is 0 Å². The van der Waals surface area contributed by atoms with Crippen molar-refractivity contribution in [2.75, 3.05) is 0 Å². The largest absolute Gasteiger partial charge is 0.309 e. The lowest BCUT2D eigenvalue weighted by Gasteiger charge is -2.17. The highest BCUT2D eigenvalue weighted by Crippen LogP contribution is 2.44. The fourth-order valence-electron chi connectivity index (χ4n) is 10.4. The molecule has 13 rings (SSSR count). The minimum absolute atomic E-state index is 0.508. The first kappa shape index (κ1) is 41.9. The van der Waals surface area contributed by atoms with Gasteiger partial charge in [-0.25, -0.2) is 19.8 Å². The van der Waals surface area contributed by atoms with Gasteiger partial charge in [-0.15, -0.1) is 0 Å². The number of rotatable bonds is 8. The van der Waals surface area contributed by atoms with Crippen molar-refractivity contribution >= 4 is 49.3 Å². The van der Waals surface area contributed by atoms with E-state index in [1.165, 1.54) is 0 Å². The molecule has 7 heteroatoms. The van der Waals surface area contributed by atoms with E-state index in [2.05, 4.69) is 147 Å². The van der Waals surface area contributed by atoms with Crippen molar-refractivity contribution in [1.82, 2.24) is 24.1 Å². The molecule has 3 aromatic heterocycles. The molecule has 7 nitrogen and oxygen atoms in total. The average molecular weight is 918 g/mol. The third-order valence-corrected chi connectivity index (χ3v) is 13.7. The van der Waals surface area contributed by atoms with Crippen molar-refractivity contribution in [3.63, 3.8) is 0 Å². The molecule has 0 amide bonds. The molecule has 0 aliphatic rings. The van der Waals surface area contributed by atoms with Crippen molar-refractivity contribution < 1.29 is 0 Å². The summed E-state index contributed by atoms with van der Waals surface area (Å²) in [5, 5.41) is 14.7. The van der Waals surface area contributed by atoms with Crippen LogP contribution in [0.2, 0.25) is 0 Å². The van der Waals surface area contributed by atoms with E-state index < -0.39 is 0 Å². The van der Waals surface area contributed by atoms with Gasteiger partial charge in [0, 0.05) is 43.9 Å². The fraction of sp³-hybridized carbons (Fsp3) is 0. The molecule has 0 bridgehead atoms. The van der Waals surface area contributed by atoms with Crippen LogP contribution in [0.5, 0.6) is 0 Å². The lowest BCUT2D eigenvalue weighted by molar-refractivity contribution is 1.06. The minimum Gasteiger partial charge on any atom is -0.309 e. The van der Waals surface area contributed by atoms with Gasteiger partial charge >= 0.3 is 0 Å². The van der Waals surface area contributed by atoms with Crippen LogP contribution >= 0.6 is 0 Å². The molecule has 10 aromatic carbocycles. The van der Waals surface area contributed by atoms with E-state index in [1.54, 1.807) is 0 Å². The van der Waals surface area contributed by atoms with Crippen LogP contribution in [-0.2, 0) is 0 Å². The summed E-state index contributed by atoms with van der Waals surface area (Å²) in [7, 11) is 0. The van der Waals surface area contributed by atoms with Gasteiger partial charge in [0.25, 0.3) is 0 Å². The summed E-state index contributed by atoms with van der Waals surface area (Å²) < 4.78 is 4.65. The van der Waals surface area contributed by atoms with E-state index in [0.29, 0.717) is 28.7 Å². The Kier molecular flexibility index (Phi) is 10.1. The first-order chi connectivity index (χ1) is 35.6. The van der Waals surface area contributed by atoms with Gasteiger partial charge in [-0.05, 0) is 88.0 Å². The van der Waals surface area contributed by atoms with Crippen molar-refractivity contribution in [3.8, 4) is 85.0 Å². The zero-order valence-corrected chi connectivity index (χ0v) is 38.6. The lowest BCUT2D eigenvalue weighted by atomic mass is 9.96. The Morgan fingerprint density at radius 2 is 0.903 bits per heavy atom. The first-order valence-corrected chi connectivity index (χ1v) is 23.8. The summed E-state index contributed by atoms with van der Waals surface area (Å²) in [6, 6.07) is 83.3. The second-order valence-electron chi connectivity index (χ2n) is 17.7. The lowest BCUT2D eigenvalue weighted by Crippen LogP contribution is -2.04. The zero-order valence-electron chi connectivity index (χ0n) is 38.6. The van der Waals surface area contributed by atoms with Crippen LogP contribution in [0.4, 0.5) is 5.69 Å². The molecular formula is C65H39N7. The minimum atomic E-state index is 0.508. The predicted octanol–water partition coefficient (Wildman–Crippen LogP) is 16.5. The summed E-state index contributed by atoms with van der Waals surface area (Å²) in [4.78, 5) is 19.8. The fourth-order valence-corrected chi connectivity index (χ4v) is 10.4. The predicted molar refractivity (Wildman–Crippen MR) is 292 cm³/mol. The van der Waals surface area contributed by atoms with E-state index in [-0.39, 0.29) is 0 Å². The molecule has 72 heavy (non-hydrogen) atoms. The summed E-state index contributed by atoms with van der Waals surface area (Å²) in [6.07, 6.45) is 0. The SMILES string of the molecule is [C-]#[N+]c1ccccc1-c1ccc2c3ccc(-c4ccccc4C#N)cc3n(-c3ccc(-c4cccc5c4c4ccccc4n5-c4ccccc4)cc3-c3nc(-c4ccccc4)nc(-c4ccccc4)n3)c2c1. The molecule has 0 spiro atoms. The number of benzene rings is 10. The number of fused-ring (bicyclic) bond motifs is 6. The van der Waals surface area contributed by atoms with Gasteiger partial charge < -0.3 is 9.13 Å². The van der Waals surface area contributed by atoms with Gasteiger partial charge in [-0.2, -0.15) is 5.26 Å². The number of nitrogens with zero attached hydrogens (tertiary/aromatic N) is 7. The smallest absolute Gasteiger partial charge is 0.194 e. The van der Waals surface area contributed by atoms with Crippen molar-refractivity contribution in [2.24, 2.45) is 0 Å². The number of aromatic nitrogens is 5. The van der Waals surface area contributed by atoms with Crippen molar-refractivity contribution in [3.05, 3.63) is 254 Å². The first-order valence-electron chi connectivity index (χ1n) is 23.8. The van der Waals surface area contributed by atoms with Crippen LogP contribution in [-0.4, -0.2) is 24.1 Å². The Bertz CT molecular complexity index is 4180. The van der Waals surface area contributed by atoms with E-state index in [0.717, 1.165) is 105 Å². The van der Waals surface area contributed by atoms with Gasteiger partial charge in [-0.3, -0.25) is 0 Å². The van der Waals surface area contributed by atoms with Gasteiger partial charge in [0.1, 0.15) is 0 Å². The third-order valence-electron chi connectivity index (χ3n) is 13.7. The quantitative estimate of drug-likeness (QED) is 0.142. The molecule has 0 radical (unpaired) electrons. The molecule has 0 fully saturated rings. The molecule has 0 aliphatic heterocycles. The molecular weight excluding hydrogens is 879 g/mol. The highest BCUT2D eigenvalue weighted by Gasteiger charge is 2.24. The molecule has 0 N–H and O–H groups in total. The van der Waals surface area contributed by atoms with Crippen LogP contribution in [0, 0.1) is 17.9 Å². The molecule has 0 atom stereocenters. The summed E-state index contributed by atoms with van der Waals surface area (Å²) in [5.41, 5.74) is 15.4. The normalized spacial score (nSPS) is 11.3.